The van der Waals surface area contributed by atoms with E-state index in [1.807, 2.05) is 12.5 Å². The second kappa shape index (κ2) is 5.17. The van der Waals surface area contributed by atoms with Crippen molar-refractivity contribution < 1.29 is 4.42 Å². The average molecular weight is 272 g/mol. The summed E-state index contributed by atoms with van der Waals surface area (Å²) in [6.45, 7) is 0. The van der Waals surface area contributed by atoms with E-state index < -0.39 is 0 Å². The van der Waals surface area contributed by atoms with E-state index in [-0.39, 0.29) is 0 Å². The van der Waals surface area contributed by atoms with E-state index in [2.05, 4.69) is 60.7 Å². The van der Waals surface area contributed by atoms with Gasteiger partial charge >= 0.3 is 12.5 Å². The van der Waals surface area contributed by atoms with Gasteiger partial charge in [0.25, 0.3) is 0 Å². The Labute approximate surface area is 124 Å². The van der Waals surface area contributed by atoms with Crippen molar-refractivity contribution in [1.82, 2.24) is 0 Å². The van der Waals surface area contributed by atoms with E-state index in [4.69, 9.17) is 4.42 Å². The minimum Gasteiger partial charge on any atom is -0.223 e. The zero-order valence-corrected chi connectivity index (χ0v) is 11.8. The second-order valence-corrected chi connectivity index (χ2v) is 5.39. The molecule has 4 rings (SSSR count). The maximum atomic E-state index is 5.53. The molecule has 2 aromatic rings. The van der Waals surface area contributed by atoms with Gasteiger partial charge in [-0.25, -0.2) is 4.42 Å². The highest BCUT2D eigenvalue weighted by Gasteiger charge is 2.35. The monoisotopic (exact) mass is 272 g/mol. The first-order chi connectivity index (χ1) is 10.4. The van der Waals surface area contributed by atoms with Crippen LogP contribution < -0.4 is 0 Å². The predicted octanol–water partition coefficient (Wildman–Crippen LogP) is 4.49. The SMILES string of the molecule is C1=[O+]C=C2[C](c3ccccc3)CCC(c3ccccc3)=C12. The first-order valence-corrected chi connectivity index (χ1v) is 7.33. The fourth-order valence-electron chi connectivity index (χ4n) is 3.16. The molecule has 101 valence electrons. The lowest BCUT2D eigenvalue weighted by Gasteiger charge is -2.23. The zero-order valence-electron chi connectivity index (χ0n) is 11.8. The zero-order chi connectivity index (χ0) is 14.1. The van der Waals surface area contributed by atoms with Gasteiger partial charge < -0.3 is 0 Å². The van der Waals surface area contributed by atoms with Crippen LogP contribution in [0, 0.1) is 5.92 Å². The van der Waals surface area contributed by atoms with E-state index in [9.17, 15) is 0 Å². The van der Waals surface area contributed by atoms with Crippen LogP contribution in [0.25, 0.3) is 5.57 Å². The number of fused-ring (bicyclic) bond motifs is 1. The van der Waals surface area contributed by atoms with E-state index in [0.717, 1.165) is 12.8 Å². The van der Waals surface area contributed by atoms with Gasteiger partial charge in [-0.15, -0.1) is 0 Å². The first-order valence-electron chi connectivity index (χ1n) is 7.33. The third-order valence-electron chi connectivity index (χ3n) is 4.18. The largest absolute Gasteiger partial charge is 0.326 e. The second-order valence-electron chi connectivity index (χ2n) is 5.39. The van der Waals surface area contributed by atoms with Crippen LogP contribution in [-0.4, -0.2) is 6.29 Å². The highest BCUT2D eigenvalue weighted by Crippen LogP contribution is 2.43. The van der Waals surface area contributed by atoms with Crippen LogP contribution in [0.4, 0.5) is 0 Å². The van der Waals surface area contributed by atoms with E-state index in [0.29, 0.717) is 0 Å². The number of hydrogen-bond acceptors (Lipinski definition) is 0. The van der Waals surface area contributed by atoms with Crippen LogP contribution in [0.2, 0.25) is 0 Å². The van der Waals surface area contributed by atoms with Crippen molar-refractivity contribution in [2.45, 2.75) is 12.8 Å². The summed E-state index contributed by atoms with van der Waals surface area (Å²) in [6.07, 6.45) is 5.89. The van der Waals surface area contributed by atoms with Gasteiger partial charge in [-0.2, -0.15) is 0 Å². The number of carbonyl (C=O) groups excluding carboxylic acids is 1. The van der Waals surface area contributed by atoms with Crippen LogP contribution in [0.1, 0.15) is 24.0 Å². The third-order valence-corrected chi connectivity index (χ3v) is 4.18. The van der Waals surface area contributed by atoms with Gasteiger partial charge in [-0.1, -0.05) is 60.7 Å². The standard InChI is InChI=1S/C20H16O/c1-3-7-15(8-4-1)17-11-12-18(16-9-5-2-6-10-16)20-14-21-13-19(17)20/h1-10,13-14H,11-12H2/q+1. The lowest BCUT2D eigenvalue weighted by molar-refractivity contribution is -0.363. The molecular formula is C20H16O+. The van der Waals surface area contributed by atoms with Crippen molar-refractivity contribution >= 4 is 11.9 Å². The molecule has 0 fully saturated rings. The molecule has 0 spiro atoms. The summed E-state index contributed by atoms with van der Waals surface area (Å²) in [5.74, 6) is 1.39. The molecule has 0 atom stereocenters. The molecule has 21 heavy (non-hydrogen) atoms. The summed E-state index contributed by atoms with van der Waals surface area (Å²) >= 11 is 0. The number of aldehydes is 1. The quantitative estimate of drug-likeness (QED) is 0.564. The van der Waals surface area contributed by atoms with Crippen molar-refractivity contribution in [3.05, 3.63) is 95.1 Å². The van der Waals surface area contributed by atoms with Gasteiger partial charge in [-0.05, 0) is 29.5 Å². The molecule has 1 radical (unpaired) electrons. The maximum Gasteiger partial charge on any atom is 0.326 e. The van der Waals surface area contributed by atoms with Crippen LogP contribution in [-0.2, 0) is 4.42 Å². The van der Waals surface area contributed by atoms with Crippen molar-refractivity contribution in [3.8, 4) is 0 Å². The van der Waals surface area contributed by atoms with E-state index in [1.165, 1.54) is 33.8 Å². The van der Waals surface area contributed by atoms with Crippen LogP contribution in [0.3, 0.4) is 0 Å². The van der Waals surface area contributed by atoms with Gasteiger partial charge in [0.1, 0.15) is 0 Å². The Morgan fingerprint density at radius 3 is 2.10 bits per heavy atom. The fraction of sp³-hybridized carbons (Fsp3) is 0.100. The van der Waals surface area contributed by atoms with Crippen LogP contribution >= 0.6 is 0 Å². The Morgan fingerprint density at radius 2 is 1.38 bits per heavy atom. The first kappa shape index (κ1) is 12.3. The topological polar surface area (TPSA) is 11.3 Å². The number of benzene rings is 2. The molecule has 1 nitrogen and oxygen atoms in total. The lowest BCUT2D eigenvalue weighted by Crippen LogP contribution is -2.12. The molecule has 2 aromatic carbocycles. The molecule has 0 N–H and O–H groups in total. The molecule has 0 aromatic heterocycles. The van der Waals surface area contributed by atoms with Crippen molar-refractivity contribution in [2.75, 3.05) is 0 Å². The van der Waals surface area contributed by atoms with Crippen molar-refractivity contribution in [3.63, 3.8) is 0 Å². The summed E-state index contributed by atoms with van der Waals surface area (Å²) in [6, 6.07) is 21.2. The van der Waals surface area contributed by atoms with Crippen LogP contribution in [0.15, 0.2) is 78.1 Å². The molecule has 0 bridgehead atoms. The molecule has 2 aliphatic rings. The molecule has 0 saturated carbocycles. The molecular weight excluding hydrogens is 256 g/mol. The van der Waals surface area contributed by atoms with Gasteiger partial charge in [0.15, 0.2) is 0 Å². The number of allylic oxidation sites excluding steroid dienone is 3. The molecule has 0 unspecified atom stereocenters. The van der Waals surface area contributed by atoms with Gasteiger partial charge in [0, 0.05) is 5.92 Å². The summed E-state index contributed by atoms with van der Waals surface area (Å²) < 4.78 is 5.53. The molecule has 1 aliphatic heterocycles. The average Bonchev–Trinajstić information content (AvgIpc) is 3.05. The minimum atomic E-state index is 1.06. The Kier molecular flexibility index (Phi) is 3.04. The third kappa shape index (κ3) is 2.15. The lowest BCUT2D eigenvalue weighted by atomic mass is 9.76. The fourth-order valence-corrected chi connectivity index (χ4v) is 3.16. The summed E-state index contributed by atoms with van der Waals surface area (Å²) in [5, 5.41) is 0. The summed E-state index contributed by atoms with van der Waals surface area (Å²) in [5.41, 5.74) is 6.47. The Balaban J connectivity index is 1.77. The summed E-state index contributed by atoms with van der Waals surface area (Å²) in [4.78, 5) is 0. The van der Waals surface area contributed by atoms with Gasteiger partial charge in [0.2, 0.25) is 0 Å². The minimum absolute atomic E-state index is 1.06. The smallest absolute Gasteiger partial charge is 0.223 e. The van der Waals surface area contributed by atoms with Gasteiger partial charge in [0.05, 0.1) is 11.1 Å². The maximum absolute atomic E-state index is 5.53. The predicted molar refractivity (Wildman–Crippen MR) is 85.5 cm³/mol. The Hall–Kier alpha value is -2.41. The number of hydrogen-bond donors (Lipinski definition) is 0. The molecule has 1 heterocycles. The molecule has 1 aliphatic carbocycles. The highest BCUT2D eigenvalue weighted by atomic mass is 16.4. The van der Waals surface area contributed by atoms with Gasteiger partial charge in [-0.3, -0.25) is 0 Å². The molecule has 1 heteroatoms. The molecule has 0 saturated heterocycles. The normalized spacial score (nSPS) is 17.8. The Bertz CT molecular complexity index is 736. The summed E-state index contributed by atoms with van der Waals surface area (Å²) in [7, 11) is 0. The highest BCUT2D eigenvalue weighted by molar-refractivity contribution is 5.97. The molecule has 0 amide bonds. The van der Waals surface area contributed by atoms with E-state index >= 15 is 0 Å². The van der Waals surface area contributed by atoms with Crippen LogP contribution in [0.5, 0.6) is 0 Å². The van der Waals surface area contributed by atoms with Crippen molar-refractivity contribution in [1.29, 1.82) is 0 Å². The number of rotatable bonds is 2. The Morgan fingerprint density at radius 1 is 0.714 bits per heavy atom. The van der Waals surface area contributed by atoms with E-state index in [1.54, 1.807) is 0 Å². The van der Waals surface area contributed by atoms with Crippen molar-refractivity contribution in [2.24, 2.45) is 0 Å².